The Kier molecular flexibility index (Phi) is 4.77. The molecule has 1 atom stereocenters. The fourth-order valence-corrected chi connectivity index (χ4v) is 2.40. The van der Waals surface area contributed by atoms with Crippen molar-refractivity contribution >= 4 is 17.4 Å². The first kappa shape index (κ1) is 13.5. The van der Waals surface area contributed by atoms with Crippen LogP contribution in [0, 0.1) is 0 Å². The van der Waals surface area contributed by atoms with E-state index in [0.717, 1.165) is 38.2 Å². The second-order valence-corrected chi connectivity index (χ2v) is 4.91. The number of aromatic nitrogens is 1. The van der Waals surface area contributed by atoms with Gasteiger partial charge in [0, 0.05) is 20.2 Å². The van der Waals surface area contributed by atoms with E-state index in [9.17, 15) is 0 Å². The summed E-state index contributed by atoms with van der Waals surface area (Å²) in [4.78, 5) is 6.70. The summed E-state index contributed by atoms with van der Waals surface area (Å²) in [5, 5.41) is 0.675. The molecular weight excluding hydrogens is 252 g/mol. The van der Waals surface area contributed by atoms with Crippen molar-refractivity contribution < 1.29 is 4.74 Å². The van der Waals surface area contributed by atoms with Crippen LogP contribution in [0.2, 0.25) is 5.02 Å². The molecule has 1 aromatic heterocycles. The van der Waals surface area contributed by atoms with E-state index in [2.05, 4.69) is 15.3 Å². The van der Waals surface area contributed by atoms with Crippen molar-refractivity contribution in [2.45, 2.75) is 25.5 Å². The molecule has 0 saturated carbocycles. The van der Waals surface area contributed by atoms with Gasteiger partial charge in [0.25, 0.3) is 0 Å². The van der Waals surface area contributed by atoms with Gasteiger partial charge in [-0.15, -0.1) is 0 Å². The van der Waals surface area contributed by atoms with Gasteiger partial charge >= 0.3 is 0 Å². The summed E-state index contributed by atoms with van der Waals surface area (Å²) in [5.41, 5.74) is 3.39. The number of halogens is 1. The molecule has 0 spiro atoms. The SMILES string of the molecule is COC1CCCN(Cc2nc(NN)ccc2Cl)C1. The summed E-state index contributed by atoms with van der Waals surface area (Å²) in [7, 11) is 1.76. The van der Waals surface area contributed by atoms with Crippen LogP contribution in [0.5, 0.6) is 0 Å². The third-order valence-electron chi connectivity index (χ3n) is 3.24. The van der Waals surface area contributed by atoms with Crippen LogP contribution in [0.25, 0.3) is 0 Å². The Morgan fingerprint density at radius 1 is 1.61 bits per heavy atom. The molecule has 0 bridgehead atoms. The molecule has 0 aliphatic carbocycles. The summed E-state index contributed by atoms with van der Waals surface area (Å²) in [5.74, 6) is 5.99. The Balaban J connectivity index is 2.04. The third kappa shape index (κ3) is 3.32. The van der Waals surface area contributed by atoms with Crippen LogP contribution < -0.4 is 11.3 Å². The minimum atomic E-state index is 0.313. The second-order valence-electron chi connectivity index (χ2n) is 4.50. The minimum absolute atomic E-state index is 0.313. The number of hydrogen-bond donors (Lipinski definition) is 2. The maximum atomic E-state index is 6.15. The average Bonchev–Trinajstić information content (AvgIpc) is 2.41. The predicted molar refractivity (Wildman–Crippen MR) is 72.4 cm³/mol. The first-order valence-corrected chi connectivity index (χ1v) is 6.48. The number of hydrazine groups is 1. The second kappa shape index (κ2) is 6.33. The summed E-state index contributed by atoms with van der Waals surface area (Å²) in [6.45, 7) is 2.71. The normalized spacial score (nSPS) is 20.9. The molecule has 18 heavy (non-hydrogen) atoms. The van der Waals surface area contributed by atoms with Gasteiger partial charge in [0.05, 0.1) is 16.8 Å². The van der Waals surface area contributed by atoms with Crippen LogP contribution in [0.3, 0.4) is 0 Å². The Hall–Kier alpha value is -0.880. The molecule has 1 aliphatic heterocycles. The third-order valence-corrected chi connectivity index (χ3v) is 3.58. The van der Waals surface area contributed by atoms with E-state index in [1.165, 1.54) is 0 Å². The van der Waals surface area contributed by atoms with Crippen molar-refractivity contribution in [2.24, 2.45) is 5.84 Å². The zero-order valence-electron chi connectivity index (χ0n) is 10.5. The molecule has 1 saturated heterocycles. The standard InChI is InChI=1S/C12H19ClN4O/c1-18-9-3-2-6-17(7-9)8-11-10(13)4-5-12(15-11)16-14/h4-5,9H,2-3,6-8,14H2,1H3,(H,15,16). The summed E-state index contributed by atoms with van der Waals surface area (Å²) >= 11 is 6.15. The fourth-order valence-electron chi connectivity index (χ4n) is 2.24. The van der Waals surface area contributed by atoms with E-state index in [1.54, 1.807) is 13.2 Å². The van der Waals surface area contributed by atoms with Gasteiger partial charge in [0.15, 0.2) is 0 Å². The van der Waals surface area contributed by atoms with Gasteiger partial charge < -0.3 is 10.2 Å². The van der Waals surface area contributed by atoms with Crippen LogP contribution >= 0.6 is 11.6 Å². The highest BCUT2D eigenvalue weighted by Crippen LogP contribution is 2.20. The topological polar surface area (TPSA) is 63.4 Å². The molecular formula is C12H19ClN4O. The number of nitrogens with zero attached hydrogens (tertiary/aromatic N) is 2. The highest BCUT2D eigenvalue weighted by molar-refractivity contribution is 6.31. The molecule has 2 heterocycles. The van der Waals surface area contributed by atoms with Crippen molar-refractivity contribution in [3.63, 3.8) is 0 Å². The molecule has 5 nitrogen and oxygen atoms in total. The number of likely N-dealkylation sites (tertiary alicyclic amines) is 1. The van der Waals surface area contributed by atoms with E-state index < -0.39 is 0 Å². The van der Waals surface area contributed by atoms with Gasteiger partial charge in [0.2, 0.25) is 0 Å². The van der Waals surface area contributed by atoms with E-state index in [0.29, 0.717) is 16.9 Å². The van der Waals surface area contributed by atoms with E-state index >= 15 is 0 Å². The molecule has 6 heteroatoms. The quantitative estimate of drug-likeness (QED) is 0.643. The molecule has 1 aliphatic rings. The molecule has 3 N–H and O–H groups in total. The number of hydrogen-bond acceptors (Lipinski definition) is 5. The summed E-state index contributed by atoms with van der Waals surface area (Å²) < 4.78 is 5.41. The zero-order chi connectivity index (χ0) is 13.0. The fraction of sp³-hybridized carbons (Fsp3) is 0.583. The number of ether oxygens (including phenoxy) is 1. The largest absolute Gasteiger partial charge is 0.380 e. The molecule has 0 radical (unpaired) electrons. The van der Waals surface area contributed by atoms with Crippen molar-refractivity contribution in [2.75, 3.05) is 25.6 Å². The number of nitrogens with one attached hydrogen (secondary N) is 1. The van der Waals surface area contributed by atoms with Crippen molar-refractivity contribution in [3.05, 3.63) is 22.8 Å². The van der Waals surface area contributed by atoms with Crippen molar-refractivity contribution in [3.8, 4) is 0 Å². The van der Waals surface area contributed by atoms with Gasteiger partial charge in [-0.2, -0.15) is 0 Å². The monoisotopic (exact) mass is 270 g/mol. The maximum absolute atomic E-state index is 6.15. The number of anilines is 1. The highest BCUT2D eigenvalue weighted by atomic mass is 35.5. The Morgan fingerprint density at radius 3 is 3.17 bits per heavy atom. The Morgan fingerprint density at radius 2 is 2.44 bits per heavy atom. The summed E-state index contributed by atoms with van der Waals surface area (Å²) in [6.07, 6.45) is 2.58. The molecule has 100 valence electrons. The zero-order valence-corrected chi connectivity index (χ0v) is 11.3. The lowest BCUT2D eigenvalue weighted by molar-refractivity contribution is 0.0281. The lowest BCUT2D eigenvalue weighted by Gasteiger charge is -2.31. The minimum Gasteiger partial charge on any atom is -0.380 e. The molecule has 0 aromatic carbocycles. The maximum Gasteiger partial charge on any atom is 0.140 e. The number of nitrogens with two attached hydrogens (primary N) is 1. The number of piperidine rings is 1. The van der Waals surface area contributed by atoms with E-state index in [-0.39, 0.29) is 0 Å². The number of nitrogen functional groups attached to an aromatic ring is 1. The number of pyridine rings is 1. The van der Waals surface area contributed by atoms with Gasteiger partial charge in [-0.05, 0) is 31.5 Å². The first-order chi connectivity index (χ1) is 8.72. The molecule has 1 unspecified atom stereocenters. The lowest BCUT2D eigenvalue weighted by Crippen LogP contribution is -2.38. The van der Waals surface area contributed by atoms with Crippen LogP contribution in [0.1, 0.15) is 18.5 Å². The van der Waals surface area contributed by atoms with Crippen LogP contribution in [-0.2, 0) is 11.3 Å². The molecule has 1 fully saturated rings. The van der Waals surface area contributed by atoms with Gasteiger partial charge in [-0.3, -0.25) is 4.90 Å². The predicted octanol–water partition coefficient (Wildman–Crippen LogP) is 1.63. The molecule has 2 rings (SSSR count). The average molecular weight is 271 g/mol. The highest BCUT2D eigenvalue weighted by Gasteiger charge is 2.20. The smallest absolute Gasteiger partial charge is 0.140 e. The van der Waals surface area contributed by atoms with Crippen LogP contribution in [-0.4, -0.2) is 36.2 Å². The van der Waals surface area contributed by atoms with Gasteiger partial charge in [0.1, 0.15) is 5.82 Å². The Labute approximate surface area is 112 Å². The van der Waals surface area contributed by atoms with Crippen LogP contribution in [0.4, 0.5) is 5.82 Å². The van der Waals surface area contributed by atoms with Gasteiger partial charge in [-0.1, -0.05) is 11.6 Å². The van der Waals surface area contributed by atoms with Crippen LogP contribution in [0.15, 0.2) is 12.1 Å². The first-order valence-electron chi connectivity index (χ1n) is 6.10. The van der Waals surface area contributed by atoms with E-state index in [4.69, 9.17) is 22.2 Å². The lowest BCUT2D eigenvalue weighted by atomic mass is 10.1. The van der Waals surface area contributed by atoms with Crippen molar-refractivity contribution in [1.82, 2.24) is 9.88 Å². The van der Waals surface area contributed by atoms with Gasteiger partial charge in [-0.25, -0.2) is 10.8 Å². The number of methoxy groups -OCH3 is 1. The number of rotatable bonds is 4. The summed E-state index contributed by atoms with van der Waals surface area (Å²) in [6, 6.07) is 3.58. The molecule has 0 amide bonds. The Bertz CT molecular complexity index is 402. The molecule has 1 aromatic rings. The van der Waals surface area contributed by atoms with E-state index in [1.807, 2.05) is 6.07 Å². The van der Waals surface area contributed by atoms with Crippen molar-refractivity contribution in [1.29, 1.82) is 0 Å².